The number of nitro groups is 1. The van der Waals surface area contributed by atoms with Gasteiger partial charge in [-0.1, -0.05) is 0 Å². The van der Waals surface area contributed by atoms with Crippen molar-refractivity contribution in [1.29, 1.82) is 0 Å². The molecule has 0 saturated heterocycles. The molecule has 76 valence electrons. The molecule has 5 nitrogen and oxygen atoms in total. The number of nitrogens with zero attached hydrogens (tertiary/aromatic N) is 1. The van der Waals surface area contributed by atoms with E-state index in [0.717, 1.165) is 11.4 Å². The van der Waals surface area contributed by atoms with E-state index in [9.17, 15) is 10.1 Å². The third kappa shape index (κ3) is 3.30. The van der Waals surface area contributed by atoms with Crippen LogP contribution in [0.1, 0.15) is 0 Å². The van der Waals surface area contributed by atoms with Gasteiger partial charge in [-0.3, -0.25) is 10.1 Å². The van der Waals surface area contributed by atoms with Gasteiger partial charge in [0.05, 0.1) is 13.7 Å². The van der Waals surface area contributed by atoms with E-state index in [4.69, 9.17) is 4.74 Å². The third-order valence-corrected chi connectivity index (χ3v) is 1.71. The predicted molar refractivity (Wildman–Crippen MR) is 53.3 cm³/mol. The number of nitrogens with one attached hydrogen (secondary N) is 1. The average Bonchev–Trinajstić information content (AvgIpc) is 2.18. The van der Waals surface area contributed by atoms with E-state index >= 15 is 0 Å². The van der Waals surface area contributed by atoms with Crippen LogP contribution in [0.4, 0.5) is 5.69 Å². The standard InChI is InChI=1S/C9H12N2O3/c1-14-9-4-2-8(3-5-9)10-6-7-11(12)13/h2-5,10H,6-7H2,1H3. The molecule has 0 bridgehead atoms. The lowest BCUT2D eigenvalue weighted by Crippen LogP contribution is -2.13. The van der Waals surface area contributed by atoms with E-state index in [0.29, 0.717) is 6.54 Å². The summed E-state index contributed by atoms with van der Waals surface area (Å²) in [5.41, 5.74) is 0.854. The summed E-state index contributed by atoms with van der Waals surface area (Å²) in [4.78, 5) is 9.68. The van der Waals surface area contributed by atoms with E-state index in [2.05, 4.69) is 5.32 Å². The first kappa shape index (κ1) is 10.3. The Bertz CT molecular complexity index is 297. The lowest BCUT2D eigenvalue weighted by Gasteiger charge is -2.04. The number of hydrogen-bond acceptors (Lipinski definition) is 4. The van der Waals surface area contributed by atoms with Crippen LogP contribution in [0.25, 0.3) is 0 Å². The van der Waals surface area contributed by atoms with Gasteiger partial charge < -0.3 is 10.1 Å². The van der Waals surface area contributed by atoms with E-state index in [1.165, 1.54) is 0 Å². The monoisotopic (exact) mass is 196 g/mol. The van der Waals surface area contributed by atoms with Crippen LogP contribution >= 0.6 is 0 Å². The topological polar surface area (TPSA) is 64.4 Å². The largest absolute Gasteiger partial charge is 0.497 e. The third-order valence-electron chi connectivity index (χ3n) is 1.71. The first-order chi connectivity index (χ1) is 6.72. The fourth-order valence-corrected chi connectivity index (χ4v) is 1.00. The van der Waals surface area contributed by atoms with Gasteiger partial charge in [-0.05, 0) is 24.3 Å². The van der Waals surface area contributed by atoms with Gasteiger partial charge in [-0.2, -0.15) is 0 Å². The Labute approximate surface area is 81.8 Å². The number of hydrogen-bond donors (Lipinski definition) is 1. The average molecular weight is 196 g/mol. The van der Waals surface area contributed by atoms with Crippen molar-refractivity contribution in [3.8, 4) is 5.75 Å². The maximum absolute atomic E-state index is 10.0. The fourth-order valence-electron chi connectivity index (χ4n) is 1.00. The number of ether oxygens (including phenoxy) is 1. The smallest absolute Gasteiger partial charge is 0.220 e. The Hall–Kier alpha value is -1.78. The molecule has 1 N–H and O–H groups in total. The Morgan fingerprint density at radius 3 is 2.57 bits per heavy atom. The minimum atomic E-state index is -0.351. The molecule has 0 atom stereocenters. The van der Waals surface area contributed by atoms with Crippen LogP contribution in [0.2, 0.25) is 0 Å². The van der Waals surface area contributed by atoms with E-state index in [1.807, 2.05) is 12.1 Å². The van der Waals surface area contributed by atoms with E-state index in [1.54, 1.807) is 19.2 Å². The van der Waals surface area contributed by atoms with Crippen LogP contribution in [0.5, 0.6) is 5.75 Å². The molecule has 0 aliphatic heterocycles. The SMILES string of the molecule is COc1ccc(NCC[N+](=O)[O-])cc1. The molecule has 0 heterocycles. The van der Waals surface area contributed by atoms with Gasteiger partial charge in [-0.15, -0.1) is 0 Å². The minimum Gasteiger partial charge on any atom is -0.497 e. The van der Waals surface area contributed by atoms with Crippen LogP contribution in [-0.2, 0) is 0 Å². The number of rotatable bonds is 5. The van der Waals surface area contributed by atoms with Crippen molar-refractivity contribution >= 4 is 5.69 Å². The first-order valence-corrected chi connectivity index (χ1v) is 4.22. The summed E-state index contributed by atoms with van der Waals surface area (Å²) in [6, 6.07) is 7.24. The number of methoxy groups -OCH3 is 1. The number of anilines is 1. The zero-order chi connectivity index (χ0) is 10.4. The predicted octanol–water partition coefficient (Wildman–Crippen LogP) is 1.38. The quantitative estimate of drug-likeness (QED) is 0.570. The molecule has 0 radical (unpaired) electrons. The highest BCUT2D eigenvalue weighted by Crippen LogP contribution is 2.14. The molecule has 0 aliphatic rings. The second kappa shape index (κ2) is 5.06. The molecule has 0 saturated carbocycles. The van der Waals surface area contributed by atoms with Crippen molar-refractivity contribution in [2.45, 2.75) is 0 Å². The molecule has 1 rings (SSSR count). The molecule has 0 aromatic heterocycles. The molecule has 5 heteroatoms. The van der Waals surface area contributed by atoms with Gasteiger partial charge in [-0.25, -0.2) is 0 Å². The molecule has 0 aliphatic carbocycles. The van der Waals surface area contributed by atoms with Crippen molar-refractivity contribution in [1.82, 2.24) is 0 Å². The molecular weight excluding hydrogens is 184 g/mol. The lowest BCUT2D eigenvalue weighted by atomic mass is 10.3. The van der Waals surface area contributed by atoms with Gasteiger partial charge in [0.25, 0.3) is 0 Å². The summed E-state index contributed by atoms with van der Waals surface area (Å²) in [6.45, 7) is 0.255. The van der Waals surface area contributed by atoms with Gasteiger partial charge in [0, 0.05) is 10.6 Å². The second-order valence-electron chi connectivity index (χ2n) is 2.71. The van der Waals surface area contributed by atoms with Crippen molar-refractivity contribution in [3.05, 3.63) is 34.4 Å². The lowest BCUT2D eigenvalue weighted by molar-refractivity contribution is -0.476. The molecule has 0 spiro atoms. The highest BCUT2D eigenvalue weighted by molar-refractivity contribution is 5.46. The molecular formula is C9H12N2O3. The maximum Gasteiger partial charge on any atom is 0.220 e. The molecule has 1 aromatic rings. The Kier molecular flexibility index (Phi) is 3.72. The number of benzene rings is 1. The molecule has 0 fully saturated rings. The fraction of sp³-hybridized carbons (Fsp3) is 0.333. The van der Waals surface area contributed by atoms with Crippen LogP contribution in [0.15, 0.2) is 24.3 Å². The van der Waals surface area contributed by atoms with Crippen molar-refractivity contribution in [3.63, 3.8) is 0 Å². The summed E-state index contributed by atoms with van der Waals surface area (Å²) in [7, 11) is 1.59. The molecule has 14 heavy (non-hydrogen) atoms. The zero-order valence-corrected chi connectivity index (χ0v) is 7.90. The van der Waals surface area contributed by atoms with Crippen LogP contribution < -0.4 is 10.1 Å². The van der Waals surface area contributed by atoms with E-state index in [-0.39, 0.29) is 11.5 Å². The summed E-state index contributed by atoms with van der Waals surface area (Å²) in [6.07, 6.45) is 0. The van der Waals surface area contributed by atoms with Crippen LogP contribution in [0, 0.1) is 10.1 Å². The Morgan fingerprint density at radius 1 is 1.43 bits per heavy atom. The molecule has 0 unspecified atom stereocenters. The van der Waals surface area contributed by atoms with Gasteiger partial charge >= 0.3 is 0 Å². The summed E-state index contributed by atoms with van der Waals surface area (Å²) in [5, 5.41) is 13.0. The van der Waals surface area contributed by atoms with Crippen molar-refractivity contribution in [2.75, 3.05) is 25.5 Å². The maximum atomic E-state index is 10.0. The summed E-state index contributed by atoms with van der Waals surface area (Å²) >= 11 is 0. The highest BCUT2D eigenvalue weighted by atomic mass is 16.6. The van der Waals surface area contributed by atoms with Gasteiger partial charge in [0.1, 0.15) is 5.75 Å². The van der Waals surface area contributed by atoms with Crippen molar-refractivity contribution in [2.24, 2.45) is 0 Å². The highest BCUT2D eigenvalue weighted by Gasteiger charge is 1.97. The van der Waals surface area contributed by atoms with Crippen molar-refractivity contribution < 1.29 is 9.66 Å². The zero-order valence-electron chi connectivity index (χ0n) is 7.90. The molecule has 0 amide bonds. The van der Waals surface area contributed by atoms with E-state index < -0.39 is 0 Å². The minimum absolute atomic E-state index is 0.0774. The second-order valence-corrected chi connectivity index (χ2v) is 2.71. The Morgan fingerprint density at radius 2 is 2.07 bits per heavy atom. The van der Waals surface area contributed by atoms with Crippen LogP contribution in [0.3, 0.4) is 0 Å². The molecule has 1 aromatic carbocycles. The summed E-state index contributed by atoms with van der Waals surface area (Å²) < 4.78 is 4.98. The normalized spacial score (nSPS) is 9.50. The van der Waals surface area contributed by atoms with Gasteiger partial charge in [0.15, 0.2) is 0 Å². The van der Waals surface area contributed by atoms with Crippen LogP contribution in [-0.4, -0.2) is 25.1 Å². The Balaban J connectivity index is 2.40. The first-order valence-electron chi connectivity index (χ1n) is 4.22. The van der Waals surface area contributed by atoms with Gasteiger partial charge in [0.2, 0.25) is 6.54 Å². The summed E-state index contributed by atoms with van der Waals surface area (Å²) in [5.74, 6) is 0.768.